The van der Waals surface area contributed by atoms with Crippen molar-refractivity contribution in [3.63, 3.8) is 0 Å². The third-order valence-electron chi connectivity index (χ3n) is 3.80. The number of amides is 1. The maximum absolute atomic E-state index is 12.9. The number of carboxylic acids is 1. The zero-order valence-electron chi connectivity index (χ0n) is 13.2. The van der Waals surface area contributed by atoms with Crippen LogP contribution in [0.15, 0.2) is 34.7 Å². The maximum Gasteiger partial charge on any atom is 0.326 e. The van der Waals surface area contributed by atoms with Gasteiger partial charge in [0.15, 0.2) is 9.34 Å². The number of hydrogen-bond donors (Lipinski definition) is 2. The molecule has 0 saturated carbocycles. The molecule has 1 aromatic heterocycles. The molecule has 0 fully saturated rings. The van der Waals surface area contributed by atoms with Crippen LogP contribution in [-0.4, -0.2) is 41.2 Å². The van der Waals surface area contributed by atoms with E-state index in [2.05, 4.69) is 10.3 Å². The Balaban J connectivity index is 2.00. The number of carboxylic acid groups (broad SMARTS) is 1. The van der Waals surface area contributed by atoms with Gasteiger partial charge < -0.3 is 10.4 Å². The second kappa shape index (κ2) is 6.54. The number of anilines is 1. The van der Waals surface area contributed by atoms with Crippen LogP contribution < -0.4 is 5.32 Å². The summed E-state index contributed by atoms with van der Waals surface area (Å²) >= 11 is 0.791. The molecule has 0 radical (unpaired) electrons. The normalized spacial score (nSPS) is 17.7. The molecule has 10 heteroatoms. The van der Waals surface area contributed by atoms with Gasteiger partial charge in [-0.25, -0.2) is 13.4 Å². The van der Waals surface area contributed by atoms with Crippen LogP contribution in [0.3, 0.4) is 0 Å². The summed E-state index contributed by atoms with van der Waals surface area (Å²) < 4.78 is 26.7. The maximum atomic E-state index is 12.9. The minimum absolute atomic E-state index is 0.0592. The van der Waals surface area contributed by atoms with Crippen LogP contribution in [0.2, 0.25) is 0 Å². The molecule has 0 aliphatic carbocycles. The van der Waals surface area contributed by atoms with Crippen LogP contribution in [0.1, 0.15) is 24.1 Å². The van der Waals surface area contributed by atoms with Crippen molar-refractivity contribution >= 4 is 38.4 Å². The van der Waals surface area contributed by atoms with Gasteiger partial charge in [0.1, 0.15) is 6.04 Å². The Bertz CT molecular complexity index is 938. The van der Waals surface area contributed by atoms with Crippen LogP contribution in [0.4, 0.5) is 5.13 Å². The lowest BCUT2D eigenvalue weighted by atomic mass is 9.94. The third kappa shape index (κ3) is 3.28. The van der Waals surface area contributed by atoms with E-state index < -0.39 is 22.0 Å². The number of sulfonamides is 1. The average molecular weight is 381 g/mol. The van der Waals surface area contributed by atoms with Crippen molar-refractivity contribution in [2.75, 3.05) is 11.9 Å². The predicted molar refractivity (Wildman–Crippen MR) is 90.8 cm³/mol. The van der Waals surface area contributed by atoms with Crippen molar-refractivity contribution in [1.29, 1.82) is 0 Å². The lowest BCUT2D eigenvalue weighted by Gasteiger charge is -2.33. The second-order valence-electron chi connectivity index (χ2n) is 5.47. The zero-order chi connectivity index (χ0) is 18.2. The monoisotopic (exact) mass is 381 g/mol. The summed E-state index contributed by atoms with van der Waals surface area (Å²) in [4.78, 5) is 26.7. The zero-order valence-corrected chi connectivity index (χ0v) is 14.8. The number of rotatable bonds is 4. The summed E-state index contributed by atoms with van der Waals surface area (Å²) in [6.45, 7) is 1.35. The average Bonchev–Trinajstić information content (AvgIpc) is 3.02. The molecular weight excluding hydrogens is 366 g/mol. The Hall–Kier alpha value is -2.30. The Morgan fingerprint density at radius 1 is 1.36 bits per heavy atom. The third-order valence-corrected chi connectivity index (χ3v) is 7.02. The highest BCUT2D eigenvalue weighted by molar-refractivity contribution is 7.91. The highest BCUT2D eigenvalue weighted by Gasteiger charge is 2.41. The van der Waals surface area contributed by atoms with Crippen LogP contribution in [0, 0.1) is 0 Å². The summed E-state index contributed by atoms with van der Waals surface area (Å²) in [7, 11) is -4.06. The number of carbonyl (C=O) groups is 2. The molecule has 1 aromatic carbocycles. The fourth-order valence-corrected chi connectivity index (χ4v) is 5.53. The first-order chi connectivity index (χ1) is 11.8. The molecule has 132 valence electrons. The number of fused-ring (bicyclic) bond motifs is 1. The highest BCUT2D eigenvalue weighted by Crippen LogP contribution is 2.36. The number of aromatic nitrogens is 1. The fraction of sp³-hybridized carbons (Fsp3) is 0.267. The number of benzene rings is 1. The van der Waals surface area contributed by atoms with Gasteiger partial charge in [0.2, 0.25) is 5.91 Å². The van der Waals surface area contributed by atoms with Crippen LogP contribution in [-0.2, 0) is 26.0 Å². The van der Waals surface area contributed by atoms with E-state index in [4.69, 9.17) is 0 Å². The number of carbonyl (C=O) groups excluding carboxylic acids is 1. The Labute approximate surface area is 148 Å². The second-order valence-corrected chi connectivity index (χ2v) is 8.62. The largest absolute Gasteiger partial charge is 0.480 e. The molecule has 1 atom stereocenters. The molecule has 2 aromatic rings. The molecule has 25 heavy (non-hydrogen) atoms. The number of nitrogens with one attached hydrogen (secondary N) is 1. The first-order valence-corrected chi connectivity index (χ1v) is 9.62. The van der Waals surface area contributed by atoms with E-state index in [1.54, 1.807) is 24.3 Å². The Kier molecular flexibility index (Phi) is 4.58. The summed E-state index contributed by atoms with van der Waals surface area (Å²) in [5.74, 6) is -1.60. The number of hydrogen-bond acceptors (Lipinski definition) is 6. The van der Waals surface area contributed by atoms with Gasteiger partial charge in [0, 0.05) is 13.5 Å². The molecule has 1 aliphatic heterocycles. The van der Waals surface area contributed by atoms with Gasteiger partial charge in [-0.15, -0.1) is 0 Å². The SMILES string of the molecule is CC(=O)Nc1ncc(S(=O)(=O)N2CCc3ccccc3C2C(=O)O)s1. The Morgan fingerprint density at radius 2 is 2.08 bits per heavy atom. The van der Waals surface area contributed by atoms with Crippen molar-refractivity contribution < 1.29 is 23.1 Å². The number of nitrogens with zero attached hydrogens (tertiary/aromatic N) is 2. The lowest BCUT2D eigenvalue weighted by Crippen LogP contribution is -2.43. The van der Waals surface area contributed by atoms with E-state index in [-0.39, 0.29) is 21.8 Å². The standard InChI is InChI=1S/C15H15N3O5S2/c1-9(19)17-15-16-8-12(24-15)25(22,23)18-7-6-10-4-2-3-5-11(10)13(18)14(20)21/h2-5,8,13H,6-7H2,1H3,(H,20,21)(H,16,17,19). The predicted octanol–water partition coefficient (Wildman–Crippen LogP) is 1.47. The van der Waals surface area contributed by atoms with Crippen molar-refractivity contribution in [3.05, 3.63) is 41.6 Å². The molecule has 0 saturated heterocycles. The molecule has 3 rings (SSSR count). The lowest BCUT2D eigenvalue weighted by molar-refractivity contribution is -0.142. The molecule has 1 unspecified atom stereocenters. The van der Waals surface area contributed by atoms with E-state index in [1.807, 2.05) is 0 Å². The van der Waals surface area contributed by atoms with E-state index in [9.17, 15) is 23.1 Å². The number of thiazole rings is 1. The highest BCUT2D eigenvalue weighted by atomic mass is 32.2. The minimum Gasteiger partial charge on any atom is -0.480 e. The summed E-state index contributed by atoms with van der Waals surface area (Å²) in [5, 5.41) is 12.2. The molecule has 2 N–H and O–H groups in total. The van der Waals surface area contributed by atoms with Crippen molar-refractivity contribution in [2.45, 2.75) is 23.6 Å². The topological polar surface area (TPSA) is 117 Å². The van der Waals surface area contributed by atoms with Gasteiger partial charge in [0.05, 0.1) is 6.20 Å². The number of aliphatic carboxylic acids is 1. The molecule has 0 spiro atoms. The first-order valence-electron chi connectivity index (χ1n) is 7.36. The molecule has 8 nitrogen and oxygen atoms in total. The van der Waals surface area contributed by atoms with Crippen molar-refractivity contribution in [3.8, 4) is 0 Å². The van der Waals surface area contributed by atoms with Gasteiger partial charge >= 0.3 is 5.97 Å². The van der Waals surface area contributed by atoms with E-state index in [1.165, 1.54) is 6.92 Å². The van der Waals surface area contributed by atoms with Gasteiger partial charge in [-0.1, -0.05) is 35.6 Å². The summed E-state index contributed by atoms with van der Waals surface area (Å²) in [6, 6.07) is 5.63. The van der Waals surface area contributed by atoms with Crippen molar-refractivity contribution in [2.24, 2.45) is 0 Å². The van der Waals surface area contributed by atoms with Gasteiger partial charge in [0.25, 0.3) is 10.0 Å². The smallest absolute Gasteiger partial charge is 0.326 e. The van der Waals surface area contributed by atoms with Crippen molar-refractivity contribution in [1.82, 2.24) is 9.29 Å². The van der Waals surface area contributed by atoms with Gasteiger partial charge in [-0.05, 0) is 17.5 Å². The fourth-order valence-electron chi connectivity index (χ4n) is 2.76. The van der Waals surface area contributed by atoms with E-state index >= 15 is 0 Å². The van der Waals surface area contributed by atoms with Gasteiger partial charge in [-0.3, -0.25) is 9.59 Å². The quantitative estimate of drug-likeness (QED) is 0.828. The molecule has 1 amide bonds. The minimum atomic E-state index is -4.06. The summed E-state index contributed by atoms with van der Waals surface area (Å²) in [5.41, 5.74) is 1.29. The van der Waals surface area contributed by atoms with E-state index in [0.29, 0.717) is 12.0 Å². The van der Waals surface area contributed by atoms with Crippen LogP contribution >= 0.6 is 11.3 Å². The molecule has 2 heterocycles. The molecular formula is C15H15N3O5S2. The first kappa shape index (κ1) is 17.5. The molecule has 1 aliphatic rings. The summed E-state index contributed by atoms with van der Waals surface area (Å²) in [6.07, 6.45) is 1.56. The molecule has 0 bridgehead atoms. The van der Waals surface area contributed by atoms with E-state index in [0.717, 1.165) is 27.4 Å². The van der Waals surface area contributed by atoms with Crippen LogP contribution in [0.25, 0.3) is 0 Å². The van der Waals surface area contributed by atoms with Crippen LogP contribution in [0.5, 0.6) is 0 Å². The van der Waals surface area contributed by atoms with Gasteiger partial charge in [-0.2, -0.15) is 4.31 Å². The Morgan fingerprint density at radius 3 is 2.76 bits per heavy atom.